The molecule has 16 heavy (non-hydrogen) atoms. The lowest BCUT2D eigenvalue weighted by molar-refractivity contribution is -0.136. The van der Waals surface area contributed by atoms with E-state index in [1.165, 1.54) is 0 Å². The molecule has 1 saturated heterocycles. The van der Waals surface area contributed by atoms with Gasteiger partial charge in [-0.3, -0.25) is 4.79 Å². The number of carbonyl (C=O) groups excluding carboxylic acids is 1. The van der Waals surface area contributed by atoms with Gasteiger partial charge >= 0.3 is 0 Å². The highest BCUT2D eigenvalue weighted by atomic mass is 16.5. The van der Waals surface area contributed by atoms with Crippen LogP contribution in [0.15, 0.2) is 30.3 Å². The van der Waals surface area contributed by atoms with Crippen LogP contribution in [0.3, 0.4) is 0 Å². The zero-order valence-corrected chi connectivity index (χ0v) is 9.56. The van der Waals surface area contributed by atoms with Gasteiger partial charge < -0.3 is 9.64 Å². The largest absolute Gasteiger partial charge is 0.481 e. The van der Waals surface area contributed by atoms with Gasteiger partial charge in [-0.05, 0) is 31.9 Å². The van der Waals surface area contributed by atoms with E-state index in [1.807, 2.05) is 42.2 Å². The number of nitrogens with zero attached hydrogens (tertiary/aromatic N) is 1. The first-order valence-electron chi connectivity index (χ1n) is 5.78. The van der Waals surface area contributed by atoms with Crippen LogP contribution in [0.1, 0.15) is 19.8 Å². The maximum absolute atomic E-state index is 12.0. The Balaban J connectivity index is 1.92. The first kappa shape index (κ1) is 11.0. The molecular formula is C13H17NO2. The van der Waals surface area contributed by atoms with E-state index in [-0.39, 0.29) is 12.0 Å². The van der Waals surface area contributed by atoms with Crippen LogP contribution < -0.4 is 4.74 Å². The third-order valence-corrected chi connectivity index (χ3v) is 2.82. The fourth-order valence-corrected chi connectivity index (χ4v) is 1.95. The summed E-state index contributed by atoms with van der Waals surface area (Å²) in [6.07, 6.45) is 1.84. The maximum atomic E-state index is 12.0. The van der Waals surface area contributed by atoms with Crippen LogP contribution in [-0.4, -0.2) is 30.0 Å². The molecule has 1 aliphatic rings. The summed E-state index contributed by atoms with van der Waals surface area (Å²) in [5, 5.41) is 0. The Hall–Kier alpha value is -1.51. The molecule has 3 nitrogen and oxygen atoms in total. The van der Waals surface area contributed by atoms with Crippen LogP contribution in [0.2, 0.25) is 0 Å². The number of carbonyl (C=O) groups is 1. The van der Waals surface area contributed by atoms with Crippen molar-refractivity contribution in [2.75, 3.05) is 13.1 Å². The monoisotopic (exact) mass is 219 g/mol. The zero-order valence-electron chi connectivity index (χ0n) is 9.56. The third-order valence-electron chi connectivity index (χ3n) is 2.82. The van der Waals surface area contributed by atoms with Crippen molar-refractivity contribution in [1.82, 2.24) is 4.90 Å². The van der Waals surface area contributed by atoms with Gasteiger partial charge in [0.2, 0.25) is 0 Å². The number of amides is 1. The number of ether oxygens (including phenoxy) is 1. The molecule has 1 aromatic rings. The minimum Gasteiger partial charge on any atom is -0.481 e. The average molecular weight is 219 g/mol. The smallest absolute Gasteiger partial charge is 0.263 e. The van der Waals surface area contributed by atoms with Gasteiger partial charge in [-0.15, -0.1) is 0 Å². The molecule has 0 unspecified atom stereocenters. The summed E-state index contributed by atoms with van der Waals surface area (Å²) < 4.78 is 5.60. The van der Waals surface area contributed by atoms with Crippen LogP contribution in [0.4, 0.5) is 0 Å². The Morgan fingerprint density at radius 2 is 1.88 bits per heavy atom. The van der Waals surface area contributed by atoms with E-state index in [2.05, 4.69) is 0 Å². The molecule has 1 amide bonds. The van der Waals surface area contributed by atoms with Crippen molar-refractivity contribution in [3.63, 3.8) is 0 Å². The summed E-state index contributed by atoms with van der Waals surface area (Å²) in [6.45, 7) is 3.57. The predicted octanol–water partition coefficient (Wildman–Crippen LogP) is 2.08. The molecule has 86 valence electrons. The molecule has 3 heteroatoms. The van der Waals surface area contributed by atoms with Gasteiger partial charge in [-0.1, -0.05) is 18.2 Å². The minimum atomic E-state index is -0.388. The number of likely N-dealkylation sites (tertiary alicyclic amines) is 1. The summed E-state index contributed by atoms with van der Waals surface area (Å²) in [6, 6.07) is 9.48. The van der Waals surface area contributed by atoms with Crippen LogP contribution in [0, 0.1) is 0 Å². The highest BCUT2D eigenvalue weighted by molar-refractivity contribution is 5.81. The minimum absolute atomic E-state index is 0.0985. The van der Waals surface area contributed by atoms with Gasteiger partial charge in [-0.2, -0.15) is 0 Å². The zero-order chi connectivity index (χ0) is 11.4. The van der Waals surface area contributed by atoms with Crippen molar-refractivity contribution >= 4 is 5.91 Å². The standard InChI is InChI=1S/C13H17NO2/c1-11(13(15)14-9-5-6-10-14)16-12-7-3-2-4-8-12/h2-4,7-8,11H,5-6,9-10H2,1H3/t11-/m1/s1. The average Bonchev–Trinajstić information content (AvgIpc) is 2.83. The van der Waals surface area contributed by atoms with E-state index in [9.17, 15) is 4.79 Å². The van der Waals surface area contributed by atoms with Crippen LogP contribution in [0.25, 0.3) is 0 Å². The van der Waals surface area contributed by atoms with Gasteiger partial charge in [0.05, 0.1) is 0 Å². The van der Waals surface area contributed by atoms with Crippen molar-refractivity contribution in [2.45, 2.75) is 25.9 Å². The summed E-state index contributed by atoms with van der Waals surface area (Å²) in [4.78, 5) is 13.8. The van der Waals surface area contributed by atoms with Crippen LogP contribution >= 0.6 is 0 Å². The number of hydrogen-bond donors (Lipinski definition) is 0. The molecule has 0 radical (unpaired) electrons. The summed E-state index contributed by atoms with van der Waals surface area (Å²) >= 11 is 0. The maximum Gasteiger partial charge on any atom is 0.263 e. The topological polar surface area (TPSA) is 29.5 Å². The van der Waals surface area contributed by atoms with E-state index in [0.29, 0.717) is 0 Å². The quantitative estimate of drug-likeness (QED) is 0.779. The molecule has 0 aromatic heterocycles. The third kappa shape index (κ3) is 2.54. The van der Waals surface area contributed by atoms with Gasteiger partial charge in [0, 0.05) is 13.1 Å². The molecule has 0 N–H and O–H groups in total. The molecule has 1 aromatic carbocycles. The second-order valence-electron chi connectivity index (χ2n) is 4.11. The van der Waals surface area contributed by atoms with Gasteiger partial charge in [-0.25, -0.2) is 0 Å². The van der Waals surface area contributed by atoms with E-state index >= 15 is 0 Å². The fourth-order valence-electron chi connectivity index (χ4n) is 1.95. The molecule has 1 atom stereocenters. The molecule has 0 bridgehead atoms. The van der Waals surface area contributed by atoms with Crippen LogP contribution in [-0.2, 0) is 4.79 Å². The number of hydrogen-bond acceptors (Lipinski definition) is 2. The molecule has 1 fully saturated rings. The SMILES string of the molecule is C[C@@H](Oc1ccccc1)C(=O)N1CCCC1. The van der Waals surface area contributed by atoms with Crippen molar-refractivity contribution in [3.8, 4) is 5.75 Å². The van der Waals surface area contributed by atoms with E-state index in [0.717, 1.165) is 31.7 Å². The number of para-hydroxylation sites is 1. The Kier molecular flexibility index (Phi) is 3.44. The van der Waals surface area contributed by atoms with Crippen molar-refractivity contribution in [3.05, 3.63) is 30.3 Å². The molecule has 0 aliphatic carbocycles. The van der Waals surface area contributed by atoms with Gasteiger partial charge in [0.1, 0.15) is 5.75 Å². The second kappa shape index (κ2) is 5.01. The molecule has 0 saturated carbocycles. The van der Waals surface area contributed by atoms with Crippen molar-refractivity contribution < 1.29 is 9.53 Å². The van der Waals surface area contributed by atoms with E-state index in [1.54, 1.807) is 0 Å². The number of rotatable bonds is 3. The molecule has 2 rings (SSSR count). The molecule has 1 aliphatic heterocycles. The van der Waals surface area contributed by atoms with E-state index in [4.69, 9.17) is 4.74 Å². The Morgan fingerprint density at radius 1 is 1.25 bits per heavy atom. The number of benzene rings is 1. The first-order valence-corrected chi connectivity index (χ1v) is 5.78. The Bertz CT molecular complexity index is 344. The molecule has 0 spiro atoms. The first-order chi connectivity index (χ1) is 7.77. The van der Waals surface area contributed by atoms with Crippen LogP contribution in [0.5, 0.6) is 5.75 Å². The molecule has 1 heterocycles. The normalized spacial score (nSPS) is 17.2. The Morgan fingerprint density at radius 3 is 2.50 bits per heavy atom. The lowest BCUT2D eigenvalue weighted by Gasteiger charge is -2.21. The van der Waals surface area contributed by atoms with Gasteiger partial charge in [0.25, 0.3) is 5.91 Å². The lowest BCUT2D eigenvalue weighted by Crippen LogP contribution is -2.38. The second-order valence-corrected chi connectivity index (χ2v) is 4.11. The Labute approximate surface area is 96.0 Å². The highest BCUT2D eigenvalue weighted by Crippen LogP contribution is 2.14. The highest BCUT2D eigenvalue weighted by Gasteiger charge is 2.24. The van der Waals surface area contributed by atoms with E-state index < -0.39 is 0 Å². The van der Waals surface area contributed by atoms with Crippen molar-refractivity contribution in [2.24, 2.45) is 0 Å². The molecular weight excluding hydrogens is 202 g/mol. The fraction of sp³-hybridized carbons (Fsp3) is 0.462. The summed E-state index contributed by atoms with van der Waals surface area (Å²) in [5.74, 6) is 0.851. The van der Waals surface area contributed by atoms with Gasteiger partial charge in [0.15, 0.2) is 6.10 Å². The summed E-state index contributed by atoms with van der Waals surface area (Å²) in [7, 11) is 0. The summed E-state index contributed by atoms with van der Waals surface area (Å²) in [5.41, 5.74) is 0. The van der Waals surface area contributed by atoms with Crippen molar-refractivity contribution in [1.29, 1.82) is 0 Å². The predicted molar refractivity (Wildman–Crippen MR) is 62.3 cm³/mol. The lowest BCUT2D eigenvalue weighted by atomic mass is 10.3.